The van der Waals surface area contributed by atoms with Gasteiger partial charge in [-0.2, -0.15) is 0 Å². The van der Waals surface area contributed by atoms with Crippen LogP contribution in [0.25, 0.3) is 0 Å². The topological polar surface area (TPSA) is 24.9 Å². The van der Waals surface area contributed by atoms with Crippen LogP contribution in [0.15, 0.2) is 39.8 Å². The standard InChI is InChI=1S/C14H17BrN2S2/c1-2-7-16-8-11-9-17-14(19-11)10-18-13-6-4-3-5-12(13)15/h3-6,9,16H,2,7-8,10H2,1H3. The Morgan fingerprint density at radius 3 is 3.00 bits per heavy atom. The number of hydrogen-bond acceptors (Lipinski definition) is 4. The number of nitrogens with one attached hydrogen (secondary N) is 1. The average molecular weight is 357 g/mol. The molecule has 0 aliphatic heterocycles. The summed E-state index contributed by atoms with van der Waals surface area (Å²) in [6.45, 7) is 4.18. The number of aromatic nitrogens is 1. The van der Waals surface area contributed by atoms with E-state index >= 15 is 0 Å². The van der Waals surface area contributed by atoms with Crippen LogP contribution in [0.3, 0.4) is 0 Å². The number of benzene rings is 1. The van der Waals surface area contributed by atoms with Crippen LogP contribution >= 0.6 is 39.0 Å². The summed E-state index contributed by atoms with van der Waals surface area (Å²) in [5.74, 6) is 0.932. The van der Waals surface area contributed by atoms with Crippen LogP contribution in [-0.2, 0) is 12.3 Å². The minimum Gasteiger partial charge on any atom is -0.312 e. The Hall–Kier alpha value is -0.360. The SMILES string of the molecule is CCCNCc1cnc(CSc2ccccc2Br)s1. The van der Waals surface area contributed by atoms with Gasteiger partial charge in [0.1, 0.15) is 5.01 Å². The van der Waals surface area contributed by atoms with Crippen molar-refractivity contribution in [2.24, 2.45) is 0 Å². The normalized spacial score (nSPS) is 10.8. The lowest BCUT2D eigenvalue weighted by atomic mass is 10.4. The van der Waals surface area contributed by atoms with Gasteiger partial charge in [-0.25, -0.2) is 4.98 Å². The van der Waals surface area contributed by atoms with Gasteiger partial charge in [0.05, 0.1) is 5.75 Å². The van der Waals surface area contributed by atoms with E-state index in [9.17, 15) is 0 Å². The molecule has 0 bridgehead atoms. The Morgan fingerprint density at radius 1 is 1.37 bits per heavy atom. The fourth-order valence-corrected chi connectivity index (χ4v) is 4.05. The fourth-order valence-electron chi connectivity index (χ4n) is 1.59. The van der Waals surface area contributed by atoms with Crippen molar-refractivity contribution >= 4 is 39.0 Å². The van der Waals surface area contributed by atoms with Crippen molar-refractivity contribution < 1.29 is 0 Å². The summed E-state index contributed by atoms with van der Waals surface area (Å²) in [6.07, 6.45) is 3.16. The first-order valence-electron chi connectivity index (χ1n) is 6.31. The van der Waals surface area contributed by atoms with Gasteiger partial charge in [-0.05, 0) is 41.0 Å². The van der Waals surface area contributed by atoms with E-state index in [0.29, 0.717) is 0 Å². The Bertz CT molecular complexity index is 514. The summed E-state index contributed by atoms with van der Waals surface area (Å²) >= 11 is 7.19. The molecule has 1 aromatic carbocycles. The molecular formula is C14H17BrN2S2. The van der Waals surface area contributed by atoms with E-state index in [-0.39, 0.29) is 0 Å². The second kappa shape index (κ2) is 8.04. The van der Waals surface area contributed by atoms with Crippen molar-refractivity contribution in [3.8, 4) is 0 Å². The van der Waals surface area contributed by atoms with Crippen LogP contribution in [0.1, 0.15) is 23.2 Å². The lowest BCUT2D eigenvalue weighted by molar-refractivity contribution is 0.681. The van der Waals surface area contributed by atoms with E-state index in [1.807, 2.05) is 24.0 Å². The van der Waals surface area contributed by atoms with Crippen molar-refractivity contribution in [3.05, 3.63) is 44.8 Å². The summed E-state index contributed by atoms with van der Waals surface area (Å²) in [5.41, 5.74) is 0. The van der Waals surface area contributed by atoms with Gasteiger partial charge in [-0.3, -0.25) is 0 Å². The second-order valence-electron chi connectivity index (χ2n) is 4.12. The maximum absolute atomic E-state index is 4.48. The van der Waals surface area contributed by atoms with E-state index in [1.165, 1.54) is 21.2 Å². The zero-order valence-corrected chi connectivity index (χ0v) is 14.1. The maximum Gasteiger partial charge on any atom is 0.103 e. The molecule has 0 spiro atoms. The lowest BCUT2D eigenvalue weighted by Crippen LogP contribution is -2.12. The molecule has 0 saturated heterocycles. The van der Waals surface area contributed by atoms with Gasteiger partial charge in [-0.15, -0.1) is 23.1 Å². The molecule has 0 aliphatic carbocycles. The van der Waals surface area contributed by atoms with Crippen LogP contribution in [0.2, 0.25) is 0 Å². The quantitative estimate of drug-likeness (QED) is 0.574. The third-order valence-corrected chi connectivity index (χ3v) is 5.73. The molecule has 0 unspecified atom stereocenters. The summed E-state index contributed by atoms with van der Waals surface area (Å²) in [5, 5.41) is 4.59. The Kier molecular flexibility index (Phi) is 6.37. The predicted molar refractivity (Wildman–Crippen MR) is 87.8 cm³/mol. The number of thioether (sulfide) groups is 1. The van der Waals surface area contributed by atoms with Gasteiger partial charge in [0, 0.05) is 27.0 Å². The largest absolute Gasteiger partial charge is 0.312 e. The zero-order chi connectivity index (χ0) is 13.5. The molecule has 2 aromatic rings. The Balaban J connectivity index is 1.85. The van der Waals surface area contributed by atoms with Crippen molar-refractivity contribution in [1.82, 2.24) is 10.3 Å². The average Bonchev–Trinajstić information content (AvgIpc) is 2.86. The van der Waals surface area contributed by atoms with Crippen molar-refractivity contribution in [3.63, 3.8) is 0 Å². The molecule has 2 nitrogen and oxygen atoms in total. The third-order valence-electron chi connectivity index (χ3n) is 2.52. The molecule has 19 heavy (non-hydrogen) atoms. The number of nitrogens with zero attached hydrogens (tertiary/aromatic N) is 1. The molecule has 5 heteroatoms. The van der Waals surface area contributed by atoms with Gasteiger partial charge in [-0.1, -0.05) is 19.1 Å². The lowest BCUT2D eigenvalue weighted by Gasteiger charge is -2.01. The first-order chi connectivity index (χ1) is 9.29. The Labute approximate surface area is 131 Å². The molecule has 0 saturated carbocycles. The molecular weight excluding hydrogens is 340 g/mol. The smallest absolute Gasteiger partial charge is 0.103 e. The van der Waals surface area contributed by atoms with Gasteiger partial charge in [0.15, 0.2) is 0 Å². The minimum atomic E-state index is 0.932. The molecule has 102 valence electrons. The van der Waals surface area contributed by atoms with Crippen molar-refractivity contribution in [2.45, 2.75) is 30.5 Å². The van der Waals surface area contributed by atoms with Gasteiger partial charge < -0.3 is 5.32 Å². The third kappa shape index (κ3) is 4.91. The molecule has 0 amide bonds. The predicted octanol–water partition coefficient (Wildman–Crippen LogP) is 4.70. The van der Waals surface area contributed by atoms with Crippen LogP contribution in [0.4, 0.5) is 0 Å². The highest BCUT2D eigenvalue weighted by molar-refractivity contribution is 9.10. The number of thiazole rings is 1. The number of halogens is 1. The van der Waals surface area contributed by atoms with Gasteiger partial charge in [0.2, 0.25) is 0 Å². The van der Waals surface area contributed by atoms with Crippen LogP contribution in [0.5, 0.6) is 0 Å². The molecule has 1 heterocycles. The minimum absolute atomic E-state index is 0.932. The second-order valence-corrected chi connectivity index (χ2v) is 7.19. The highest BCUT2D eigenvalue weighted by Gasteiger charge is 2.04. The number of rotatable bonds is 7. The monoisotopic (exact) mass is 356 g/mol. The van der Waals surface area contributed by atoms with E-state index < -0.39 is 0 Å². The highest BCUT2D eigenvalue weighted by atomic mass is 79.9. The van der Waals surface area contributed by atoms with Gasteiger partial charge >= 0.3 is 0 Å². The molecule has 0 fully saturated rings. The summed E-state index contributed by atoms with van der Waals surface area (Å²) < 4.78 is 1.15. The van der Waals surface area contributed by atoms with E-state index in [1.54, 1.807) is 11.3 Å². The molecule has 0 radical (unpaired) electrons. The van der Waals surface area contributed by atoms with Crippen LogP contribution < -0.4 is 5.32 Å². The molecule has 2 rings (SSSR count). The van der Waals surface area contributed by atoms with E-state index in [4.69, 9.17) is 0 Å². The van der Waals surface area contributed by atoms with E-state index in [2.05, 4.69) is 51.4 Å². The number of hydrogen-bond donors (Lipinski definition) is 1. The molecule has 1 aromatic heterocycles. The molecule has 0 atom stereocenters. The molecule has 1 N–H and O–H groups in total. The Morgan fingerprint density at radius 2 is 2.21 bits per heavy atom. The summed E-state index contributed by atoms with van der Waals surface area (Å²) in [4.78, 5) is 7.06. The van der Waals surface area contributed by atoms with Crippen molar-refractivity contribution in [2.75, 3.05) is 6.54 Å². The van der Waals surface area contributed by atoms with Gasteiger partial charge in [0.25, 0.3) is 0 Å². The van der Waals surface area contributed by atoms with Crippen LogP contribution in [0, 0.1) is 0 Å². The fraction of sp³-hybridized carbons (Fsp3) is 0.357. The summed E-state index contributed by atoms with van der Waals surface area (Å²) in [7, 11) is 0. The summed E-state index contributed by atoms with van der Waals surface area (Å²) in [6, 6.07) is 8.31. The van der Waals surface area contributed by atoms with E-state index in [0.717, 1.165) is 23.3 Å². The zero-order valence-electron chi connectivity index (χ0n) is 10.9. The first-order valence-corrected chi connectivity index (χ1v) is 8.90. The van der Waals surface area contributed by atoms with Crippen LogP contribution in [-0.4, -0.2) is 11.5 Å². The maximum atomic E-state index is 4.48. The highest BCUT2D eigenvalue weighted by Crippen LogP contribution is 2.30. The first kappa shape index (κ1) is 15.0. The molecule has 0 aliphatic rings. The van der Waals surface area contributed by atoms with Crippen molar-refractivity contribution in [1.29, 1.82) is 0 Å².